The van der Waals surface area contributed by atoms with Crippen molar-refractivity contribution in [1.29, 1.82) is 0 Å². The van der Waals surface area contributed by atoms with Crippen molar-refractivity contribution < 1.29 is 27.9 Å². The fourth-order valence-electron chi connectivity index (χ4n) is 2.95. The number of nitrogens with one attached hydrogen (secondary N) is 2. The average molecular weight is 373 g/mol. The zero-order valence-electron chi connectivity index (χ0n) is 14.6. The lowest BCUT2D eigenvalue weighted by molar-refractivity contribution is -0.139. The number of nitrogens with zero attached hydrogens (tertiary/aromatic N) is 1. The summed E-state index contributed by atoms with van der Waals surface area (Å²) in [4.78, 5) is 24.7. The summed E-state index contributed by atoms with van der Waals surface area (Å²) >= 11 is 0. The van der Waals surface area contributed by atoms with Crippen LogP contribution in [-0.2, 0) is 11.0 Å². The minimum atomic E-state index is -4.48. The first-order valence-electron chi connectivity index (χ1n) is 8.31. The third-order valence-electron chi connectivity index (χ3n) is 4.52. The molecule has 0 atom stereocenters. The number of aryl methyl sites for hydroxylation is 1. The van der Waals surface area contributed by atoms with E-state index in [0.717, 1.165) is 12.1 Å². The molecule has 26 heavy (non-hydrogen) atoms. The van der Waals surface area contributed by atoms with Gasteiger partial charge in [-0.15, -0.1) is 0 Å². The van der Waals surface area contributed by atoms with E-state index in [-0.39, 0.29) is 24.3 Å². The molecular weight excluding hydrogens is 351 g/mol. The molecule has 1 aliphatic carbocycles. The predicted octanol–water partition coefficient (Wildman–Crippen LogP) is 3.07. The number of likely N-dealkylation sites (N-methyl/N-ethyl adjacent to an activating group) is 1. The van der Waals surface area contributed by atoms with E-state index in [1.165, 1.54) is 6.07 Å². The van der Waals surface area contributed by atoms with Gasteiger partial charge in [0.1, 0.15) is 0 Å². The van der Waals surface area contributed by atoms with Gasteiger partial charge in [0.2, 0.25) is 0 Å². The Morgan fingerprint density at radius 3 is 2.50 bits per heavy atom. The molecule has 0 radical (unpaired) electrons. The van der Waals surface area contributed by atoms with Gasteiger partial charge in [-0.2, -0.15) is 13.2 Å². The number of carbonyl (C=O) groups excluding carboxylic acids is 1. The van der Waals surface area contributed by atoms with Crippen LogP contribution in [0, 0.1) is 6.92 Å². The molecule has 1 fully saturated rings. The van der Waals surface area contributed by atoms with Crippen LogP contribution in [0.5, 0.6) is 0 Å². The number of hydrogen-bond donors (Lipinski definition) is 3. The van der Waals surface area contributed by atoms with Gasteiger partial charge in [0.05, 0.1) is 12.1 Å². The van der Waals surface area contributed by atoms with Crippen molar-refractivity contribution in [3.8, 4) is 0 Å². The van der Waals surface area contributed by atoms with Gasteiger partial charge in [0.25, 0.3) is 0 Å². The molecule has 2 amide bonds. The fourth-order valence-corrected chi connectivity index (χ4v) is 2.95. The highest BCUT2D eigenvalue weighted by atomic mass is 19.4. The standard InChI is InChI=1S/C17H22F3N3O3/c1-3-23(9-15(24)25)13-7-12(8-13)21-16(26)22-14-6-11(17(18,19)20)5-4-10(14)2/h4-6,12-13H,3,7-9H2,1-2H3,(H,24,25)(H2,21,22,26). The van der Waals surface area contributed by atoms with Crippen molar-refractivity contribution in [3.63, 3.8) is 0 Å². The minimum absolute atomic E-state index is 0.0521. The number of alkyl halides is 3. The summed E-state index contributed by atoms with van der Waals surface area (Å²) in [6, 6.07) is 2.56. The van der Waals surface area contributed by atoms with Crippen LogP contribution in [0.3, 0.4) is 0 Å². The number of carboxylic acid groups (broad SMARTS) is 1. The van der Waals surface area contributed by atoms with Crippen molar-refractivity contribution in [2.75, 3.05) is 18.4 Å². The van der Waals surface area contributed by atoms with Crippen molar-refractivity contribution in [2.24, 2.45) is 0 Å². The van der Waals surface area contributed by atoms with Gasteiger partial charge < -0.3 is 15.7 Å². The zero-order valence-corrected chi connectivity index (χ0v) is 14.6. The monoisotopic (exact) mass is 373 g/mol. The number of anilines is 1. The summed E-state index contributed by atoms with van der Waals surface area (Å²) in [6.45, 7) is 4.02. The highest BCUT2D eigenvalue weighted by Gasteiger charge is 2.35. The summed E-state index contributed by atoms with van der Waals surface area (Å²) in [5.74, 6) is -0.902. The van der Waals surface area contributed by atoms with Gasteiger partial charge in [-0.1, -0.05) is 13.0 Å². The Balaban J connectivity index is 1.88. The number of benzene rings is 1. The molecule has 0 aliphatic heterocycles. The van der Waals surface area contributed by atoms with Crippen LogP contribution < -0.4 is 10.6 Å². The summed E-state index contributed by atoms with van der Waals surface area (Å²) in [5.41, 5.74) is -0.193. The van der Waals surface area contributed by atoms with Crippen molar-refractivity contribution in [1.82, 2.24) is 10.2 Å². The van der Waals surface area contributed by atoms with Crippen LogP contribution in [0.2, 0.25) is 0 Å². The first-order chi connectivity index (χ1) is 12.1. The van der Waals surface area contributed by atoms with Gasteiger partial charge in [-0.25, -0.2) is 4.79 Å². The maximum atomic E-state index is 12.8. The van der Waals surface area contributed by atoms with E-state index < -0.39 is 23.7 Å². The molecule has 1 aromatic rings. The molecule has 1 aromatic carbocycles. The van der Waals surface area contributed by atoms with Crippen molar-refractivity contribution in [3.05, 3.63) is 29.3 Å². The van der Waals surface area contributed by atoms with E-state index in [0.29, 0.717) is 24.9 Å². The van der Waals surface area contributed by atoms with Crippen LogP contribution in [-0.4, -0.2) is 47.2 Å². The molecule has 6 nitrogen and oxygen atoms in total. The number of carboxylic acids is 1. The lowest BCUT2D eigenvalue weighted by atomic mass is 9.85. The lowest BCUT2D eigenvalue weighted by Gasteiger charge is -2.42. The number of halogens is 3. The van der Waals surface area contributed by atoms with Crippen molar-refractivity contribution in [2.45, 2.75) is 44.9 Å². The molecule has 0 heterocycles. The van der Waals surface area contributed by atoms with Crippen LogP contribution in [0.1, 0.15) is 30.9 Å². The van der Waals surface area contributed by atoms with E-state index in [4.69, 9.17) is 5.11 Å². The first kappa shape index (κ1) is 20.0. The molecule has 0 saturated heterocycles. The van der Waals surface area contributed by atoms with E-state index in [1.807, 2.05) is 11.8 Å². The number of aliphatic carboxylic acids is 1. The number of carbonyl (C=O) groups is 2. The normalized spacial score (nSPS) is 19.8. The number of rotatable bonds is 6. The number of amides is 2. The summed E-state index contributed by atoms with van der Waals surface area (Å²) in [6.07, 6.45) is -3.26. The third-order valence-corrected chi connectivity index (χ3v) is 4.52. The van der Waals surface area contributed by atoms with Gasteiger partial charge in [-0.3, -0.25) is 9.69 Å². The average Bonchev–Trinajstić information content (AvgIpc) is 2.49. The second-order valence-corrected chi connectivity index (χ2v) is 6.40. The van der Waals surface area contributed by atoms with E-state index in [2.05, 4.69) is 10.6 Å². The van der Waals surface area contributed by atoms with Crippen LogP contribution in [0.4, 0.5) is 23.7 Å². The molecule has 9 heteroatoms. The largest absolute Gasteiger partial charge is 0.480 e. The molecule has 0 aromatic heterocycles. The first-order valence-corrected chi connectivity index (χ1v) is 8.31. The molecule has 0 bridgehead atoms. The predicted molar refractivity (Wildman–Crippen MR) is 90.0 cm³/mol. The van der Waals surface area contributed by atoms with Gasteiger partial charge in [0.15, 0.2) is 0 Å². The smallest absolute Gasteiger partial charge is 0.416 e. The SMILES string of the molecule is CCN(CC(=O)O)C1CC(NC(=O)Nc2cc(C(F)(F)F)ccc2C)C1. The number of hydrogen-bond acceptors (Lipinski definition) is 3. The lowest BCUT2D eigenvalue weighted by Crippen LogP contribution is -2.55. The molecule has 3 N–H and O–H groups in total. The Labute approximate surface area is 149 Å². The number of urea groups is 1. The molecule has 144 valence electrons. The van der Waals surface area contributed by atoms with E-state index in [9.17, 15) is 22.8 Å². The Bertz CT molecular complexity index is 673. The second kappa shape index (κ2) is 7.94. The van der Waals surface area contributed by atoms with Crippen molar-refractivity contribution >= 4 is 17.7 Å². The Morgan fingerprint density at radius 2 is 1.96 bits per heavy atom. The highest BCUT2D eigenvalue weighted by Crippen LogP contribution is 2.32. The fraction of sp³-hybridized carbons (Fsp3) is 0.529. The molecular formula is C17H22F3N3O3. The van der Waals surface area contributed by atoms with Gasteiger partial charge in [0, 0.05) is 17.8 Å². The maximum absolute atomic E-state index is 12.8. The highest BCUT2D eigenvalue weighted by molar-refractivity contribution is 5.90. The van der Waals surface area contributed by atoms with Crippen LogP contribution in [0.15, 0.2) is 18.2 Å². The quantitative estimate of drug-likeness (QED) is 0.716. The van der Waals surface area contributed by atoms with Crippen LogP contribution >= 0.6 is 0 Å². The minimum Gasteiger partial charge on any atom is -0.480 e. The molecule has 1 saturated carbocycles. The second-order valence-electron chi connectivity index (χ2n) is 6.40. The van der Waals surface area contributed by atoms with Gasteiger partial charge >= 0.3 is 18.2 Å². The molecule has 2 rings (SSSR count). The molecule has 0 unspecified atom stereocenters. The summed E-state index contributed by atoms with van der Waals surface area (Å²) < 4.78 is 38.3. The Kier molecular flexibility index (Phi) is 6.12. The Hall–Kier alpha value is -2.29. The molecule has 0 spiro atoms. The Morgan fingerprint density at radius 1 is 1.31 bits per heavy atom. The summed E-state index contributed by atoms with van der Waals surface area (Å²) in [7, 11) is 0. The topological polar surface area (TPSA) is 81.7 Å². The zero-order chi connectivity index (χ0) is 19.5. The van der Waals surface area contributed by atoms with Gasteiger partial charge in [-0.05, 0) is 44.0 Å². The van der Waals surface area contributed by atoms with Crippen LogP contribution in [0.25, 0.3) is 0 Å². The third kappa shape index (κ3) is 5.10. The maximum Gasteiger partial charge on any atom is 0.416 e. The summed E-state index contributed by atoms with van der Waals surface area (Å²) in [5, 5.41) is 14.0. The molecule has 1 aliphatic rings. The van der Waals surface area contributed by atoms with E-state index in [1.54, 1.807) is 6.92 Å². The van der Waals surface area contributed by atoms with E-state index >= 15 is 0 Å².